The molecular weight excluding hydrogens is 559 g/mol. The van der Waals surface area contributed by atoms with Crippen LogP contribution in [0.3, 0.4) is 0 Å². The Morgan fingerprint density at radius 3 is 2.58 bits per heavy atom. The molecule has 6 rings (SSSR count). The number of halogens is 3. The van der Waals surface area contributed by atoms with Crippen molar-refractivity contribution in [2.24, 2.45) is 18.9 Å². The van der Waals surface area contributed by atoms with Crippen molar-refractivity contribution in [3.8, 4) is 17.1 Å². The van der Waals surface area contributed by atoms with Crippen molar-refractivity contribution in [1.82, 2.24) is 34.0 Å². The lowest BCUT2D eigenvalue weighted by Gasteiger charge is -2.46. The van der Waals surface area contributed by atoms with Crippen LogP contribution in [0.5, 0.6) is 5.88 Å². The molecule has 2 aliphatic rings. The van der Waals surface area contributed by atoms with Gasteiger partial charge >= 0.3 is 6.18 Å². The number of alkyl halides is 3. The van der Waals surface area contributed by atoms with E-state index >= 15 is 0 Å². The van der Waals surface area contributed by atoms with Crippen LogP contribution in [0.15, 0.2) is 41.7 Å². The fourth-order valence-corrected chi connectivity index (χ4v) is 6.94. The van der Waals surface area contributed by atoms with E-state index in [1.54, 1.807) is 6.33 Å². The van der Waals surface area contributed by atoms with Gasteiger partial charge in [0.15, 0.2) is 5.65 Å². The number of rotatable bonds is 7. The van der Waals surface area contributed by atoms with Gasteiger partial charge in [-0.05, 0) is 74.2 Å². The Balaban J connectivity index is 1.50. The molecule has 0 unspecified atom stereocenters. The second-order valence-electron chi connectivity index (χ2n) is 12.3. The lowest BCUT2D eigenvalue weighted by atomic mass is 9.58. The zero-order chi connectivity index (χ0) is 30.5. The monoisotopic (exact) mass is 595 g/mol. The summed E-state index contributed by atoms with van der Waals surface area (Å²) in [5, 5.41) is 8.51. The van der Waals surface area contributed by atoms with Crippen molar-refractivity contribution in [2.75, 3.05) is 19.7 Å². The van der Waals surface area contributed by atoms with Crippen molar-refractivity contribution in [3.63, 3.8) is 0 Å². The third-order valence-corrected chi connectivity index (χ3v) is 8.77. The molecule has 1 saturated carbocycles. The number of likely N-dealkylation sites (tertiary alicyclic amines) is 1. The summed E-state index contributed by atoms with van der Waals surface area (Å²) in [6.07, 6.45) is 3.39. The summed E-state index contributed by atoms with van der Waals surface area (Å²) < 4.78 is 51.5. The average Bonchev–Trinajstić information content (AvgIpc) is 3.36. The highest BCUT2D eigenvalue weighted by Crippen LogP contribution is 2.52. The molecule has 0 aromatic carbocycles. The van der Waals surface area contributed by atoms with E-state index in [1.807, 2.05) is 30.7 Å². The number of pyridine rings is 2. The van der Waals surface area contributed by atoms with Gasteiger partial charge in [-0.1, -0.05) is 13.8 Å². The number of ether oxygens (including phenoxy) is 1. The maximum atomic E-state index is 14.2. The average molecular weight is 596 g/mol. The van der Waals surface area contributed by atoms with E-state index in [1.165, 1.54) is 12.4 Å². The zero-order valence-corrected chi connectivity index (χ0v) is 24.9. The molecule has 4 aromatic heterocycles. The molecule has 1 aliphatic carbocycles. The first kappa shape index (κ1) is 29.3. The molecule has 0 N–H and O–H groups in total. The summed E-state index contributed by atoms with van der Waals surface area (Å²) >= 11 is 0. The highest BCUT2D eigenvalue weighted by molar-refractivity contribution is 5.63. The van der Waals surface area contributed by atoms with Crippen LogP contribution in [0.1, 0.15) is 69.0 Å². The minimum Gasteiger partial charge on any atom is -0.478 e. The molecule has 1 atom stereocenters. The molecule has 1 aliphatic heterocycles. The standard InChI is InChI=1S/C31H36F3N7O2/c1-5-43-26-11-22(30(12-20(3)13-30)29-38-36-18-39(29)4)10-25(37-26)23-14-35-27-24(31(32,33)34)9-21(17-41(27)28(23)42)16-40-8-6-7-19(2)15-40/h9-11,14,17-20H,5-8,12-13,15-16H2,1-4H3/t19-,20?,30?/m0/s1. The topological polar surface area (TPSA) is 90.4 Å². The summed E-state index contributed by atoms with van der Waals surface area (Å²) in [6, 6.07) is 4.80. The molecule has 2 fully saturated rings. The van der Waals surface area contributed by atoms with Crippen LogP contribution < -0.4 is 10.3 Å². The molecule has 1 saturated heterocycles. The van der Waals surface area contributed by atoms with Crippen molar-refractivity contribution in [2.45, 2.75) is 64.6 Å². The maximum Gasteiger partial charge on any atom is 0.419 e. The highest BCUT2D eigenvalue weighted by Gasteiger charge is 2.48. The predicted octanol–water partition coefficient (Wildman–Crippen LogP) is 5.25. The highest BCUT2D eigenvalue weighted by atomic mass is 19.4. The molecular formula is C31H36F3N7O2. The molecule has 43 heavy (non-hydrogen) atoms. The van der Waals surface area contributed by atoms with Crippen LogP contribution in [-0.4, -0.2) is 53.7 Å². The van der Waals surface area contributed by atoms with Gasteiger partial charge in [0.05, 0.1) is 28.8 Å². The Morgan fingerprint density at radius 2 is 1.93 bits per heavy atom. The van der Waals surface area contributed by atoms with Crippen molar-refractivity contribution in [3.05, 3.63) is 69.8 Å². The molecule has 5 heterocycles. The summed E-state index contributed by atoms with van der Waals surface area (Å²) in [7, 11) is 1.89. The van der Waals surface area contributed by atoms with Gasteiger partial charge in [0.25, 0.3) is 5.56 Å². The van der Waals surface area contributed by atoms with Gasteiger partial charge in [-0.3, -0.25) is 14.1 Å². The number of fused-ring (bicyclic) bond motifs is 1. The quantitative estimate of drug-likeness (QED) is 0.288. The molecule has 0 radical (unpaired) electrons. The number of aryl methyl sites for hydroxylation is 1. The van der Waals surface area contributed by atoms with Gasteiger partial charge in [0.1, 0.15) is 12.2 Å². The third kappa shape index (κ3) is 5.41. The van der Waals surface area contributed by atoms with E-state index in [0.29, 0.717) is 36.4 Å². The van der Waals surface area contributed by atoms with Gasteiger partial charge < -0.3 is 9.30 Å². The smallest absolute Gasteiger partial charge is 0.419 e. The lowest BCUT2D eigenvalue weighted by Crippen LogP contribution is -2.43. The summed E-state index contributed by atoms with van der Waals surface area (Å²) in [6.45, 7) is 8.43. The second-order valence-corrected chi connectivity index (χ2v) is 12.3. The first-order valence-electron chi connectivity index (χ1n) is 14.8. The van der Waals surface area contributed by atoms with Gasteiger partial charge in [-0.2, -0.15) is 13.2 Å². The van der Waals surface area contributed by atoms with Gasteiger partial charge in [-0.15, -0.1) is 10.2 Å². The molecule has 12 heteroatoms. The Bertz CT molecular complexity index is 1710. The largest absolute Gasteiger partial charge is 0.478 e. The number of hydrogen-bond acceptors (Lipinski definition) is 7. The summed E-state index contributed by atoms with van der Waals surface area (Å²) in [5.41, 5.74) is -0.778. The van der Waals surface area contributed by atoms with Crippen LogP contribution in [0.25, 0.3) is 16.9 Å². The van der Waals surface area contributed by atoms with E-state index < -0.39 is 28.4 Å². The third-order valence-electron chi connectivity index (χ3n) is 8.77. The lowest BCUT2D eigenvalue weighted by molar-refractivity contribution is -0.136. The van der Waals surface area contributed by atoms with E-state index in [9.17, 15) is 18.0 Å². The van der Waals surface area contributed by atoms with Gasteiger partial charge in [0, 0.05) is 38.6 Å². The van der Waals surface area contributed by atoms with Crippen LogP contribution in [-0.2, 0) is 25.2 Å². The first-order valence-corrected chi connectivity index (χ1v) is 14.8. The summed E-state index contributed by atoms with van der Waals surface area (Å²) in [4.78, 5) is 24.9. The van der Waals surface area contributed by atoms with Crippen LogP contribution >= 0.6 is 0 Å². The number of piperidine rings is 1. The number of nitrogens with zero attached hydrogens (tertiary/aromatic N) is 7. The maximum absolute atomic E-state index is 14.2. The Morgan fingerprint density at radius 1 is 1.14 bits per heavy atom. The number of hydrogen-bond donors (Lipinski definition) is 0. The molecule has 9 nitrogen and oxygen atoms in total. The van der Waals surface area contributed by atoms with Crippen molar-refractivity contribution in [1.29, 1.82) is 0 Å². The molecule has 228 valence electrons. The first-order chi connectivity index (χ1) is 20.5. The van der Waals surface area contributed by atoms with E-state index in [2.05, 4.69) is 38.9 Å². The van der Waals surface area contributed by atoms with Crippen LogP contribution in [0, 0.1) is 11.8 Å². The summed E-state index contributed by atoms with van der Waals surface area (Å²) in [5.74, 6) is 2.03. The van der Waals surface area contributed by atoms with Crippen LogP contribution in [0.2, 0.25) is 0 Å². The van der Waals surface area contributed by atoms with Gasteiger partial charge in [0.2, 0.25) is 5.88 Å². The Labute approximate surface area is 247 Å². The predicted molar refractivity (Wildman–Crippen MR) is 155 cm³/mol. The van der Waals surface area contributed by atoms with E-state index in [0.717, 1.165) is 60.6 Å². The number of aromatic nitrogens is 6. The molecule has 0 amide bonds. The van der Waals surface area contributed by atoms with Crippen molar-refractivity contribution >= 4 is 5.65 Å². The van der Waals surface area contributed by atoms with Gasteiger partial charge in [-0.25, -0.2) is 9.97 Å². The molecule has 0 bridgehead atoms. The normalized spacial score (nSPS) is 23.0. The fraction of sp³-hybridized carbons (Fsp3) is 0.516. The Kier molecular flexibility index (Phi) is 7.52. The Hall–Kier alpha value is -3.80. The SMILES string of the molecule is CCOc1cc(C2(c3nncn3C)CC(C)C2)cc(-c2cnc3c(C(F)(F)F)cc(CN4CCC[C@H](C)C4)cn3c2=O)n1. The minimum atomic E-state index is -4.68. The minimum absolute atomic E-state index is 0.0951. The van der Waals surface area contributed by atoms with E-state index in [4.69, 9.17) is 4.74 Å². The molecule has 4 aromatic rings. The van der Waals surface area contributed by atoms with Crippen molar-refractivity contribution < 1.29 is 17.9 Å². The van der Waals surface area contributed by atoms with Crippen LogP contribution in [0.4, 0.5) is 13.2 Å². The van der Waals surface area contributed by atoms with E-state index in [-0.39, 0.29) is 11.3 Å². The zero-order valence-electron chi connectivity index (χ0n) is 24.9. The fourth-order valence-electron chi connectivity index (χ4n) is 6.94. The molecule has 0 spiro atoms. The second kappa shape index (κ2) is 11.0.